The summed E-state index contributed by atoms with van der Waals surface area (Å²) in [7, 11) is -3.94. The zero-order chi connectivity index (χ0) is 31.4. The zero-order valence-electron chi connectivity index (χ0n) is 23.2. The van der Waals surface area contributed by atoms with E-state index in [0.717, 1.165) is 53.0 Å². The maximum absolute atomic E-state index is 13.3. The topological polar surface area (TPSA) is 150 Å². The molecule has 2 saturated carbocycles. The predicted molar refractivity (Wildman–Crippen MR) is 156 cm³/mol. The van der Waals surface area contributed by atoms with Crippen LogP contribution in [0.25, 0.3) is 20.8 Å². The van der Waals surface area contributed by atoms with Crippen molar-refractivity contribution in [3.05, 3.63) is 53.7 Å². The first-order valence-electron chi connectivity index (χ1n) is 13.8. The average molecular weight is 653 g/mol. The highest BCUT2D eigenvalue weighted by Gasteiger charge is 2.44. The number of aryl methyl sites for hydroxylation is 1. The zero-order valence-corrected chi connectivity index (χ0v) is 24.8. The molecule has 0 saturated heterocycles. The third-order valence-electron chi connectivity index (χ3n) is 7.78. The van der Waals surface area contributed by atoms with E-state index in [4.69, 9.17) is 4.98 Å². The molecule has 4 atom stereocenters. The minimum atomic E-state index is -4.53. The Hall–Kier alpha value is -3.47. The van der Waals surface area contributed by atoms with Gasteiger partial charge in [-0.05, 0) is 56.5 Å². The van der Waals surface area contributed by atoms with Crippen molar-refractivity contribution in [1.29, 1.82) is 0 Å². The van der Waals surface area contributed by atoms with Gasteiger partial charge in [0, 0.05) is 18.0 Å². The second-order valence-electron chi connectivity index (χ2n) is 11.1. The molecule has 0 spiro atoms. The third-order valence-corrected chi connectivity index (χ3v) is 10.7. The van der Waals surface area contributed by atoms with Gasteiger partial charge in [0.2, 0.25) is 5.95 Å². The highest BCUT2D eigenvalue weighted by atomic mass is 32.2. The lowest BCUT2D eigenvalue weighted by atomic mass is 10.1. The number of rotatable bonds is 9. The highest BCUT2D eigenvalue weighted by molar-refractivity contribution is 7.91. The molecule has 3 aromatic heterocycles. The van der Waals surface area contributed by atoms with Gasteiger partial charge in [0.05, 0.1) is 44.4 Å². The number of alkyl halides is 3. The normalized spacial score (nSPS) is 22.4. The van der Waals surface area contributed by atoms with Gasteiger partial charge in [-0.1, -0.05) is 0 Å². The number of benzene rings is 1. The summed E-state index contributed by atoms with van der Waals surface area (Å²) in [6.07, 6.45) is -3.68. The second-order valence-corrected chi connectivity index (χ2v) is 14.2. The molecule has 44 heavy (non-hydrogen) atoms. The lowest BCUT2D eigenvalue weighted by Gasteiger charge is -2.21. The smallest absolute Gasteiger partial charge is 0.390 e. The molecular formula is C28H28F4N6O4S2. The summed E-state index contributed by atoms with van der Waals surface area (Å²) in [6.45, 7) is 0.224. The standard InChI is InChI=1S/C28H28F4N6O4S2/c1-13-20(26-37-22-19(43-26)8-9-33-21(22)14-2-3-14)25(38-27(35-13)34-12-28(30,31)32)36-18-10-15(23(39)24(18)40)11-44(41,42)17-6-4-16(29)5-7-17/h4-9,14-15,18,23-24,39-40H,2-3,10-12H2,1H3,(H2,34,35,36,38)/t15-,18?,23-,24+/m1/s1. The van der Waals surface area contributed by atoms with Crippen LogP contribution in [0.3, 0.4) is 0 Å². The van der Waals surface area contributed by atoms with Gasteiger partial charge < -0.3 is 20.8 Å². The number of hydrogen-bond donors (Lipinski definition) is 4. The van der Waals surface area contributed by atoms with E-state index in [9.17, 15) is 36.2 Å². The SMILES string of the molecule is Cc1nc(NCC(F)(F)F)nc(NC2C[C@H](CS(=O)(=O)c3ccc(F)cc3)[C@@H](O)[C@H]2O)c1-c1nc2c(C3CC3)nccc2s1. The highest BCUT2D eigenvalue weighted by Crippen LogP contribution is 2.44. The molecule has 0 aliphatic heterocycles. The monoisotopic (exact) mass is 652 g/mol. The molecule has 6 rings (SSSR count). The predicted octanol–water partition coefficient (Wildman–Crippen LogP) is 4.44. The van der Waals surface area contributed by atoms with Crippen LogP contribution in [0.4, 0.5) is 29.3 Å². The Bertz CT molecular complexity index is 1800. The van der Waals surface area contributed by atoms with E-state index >= 15 is 0 Å². The summed E-state index contributed by atoms with van der Waals surface area (Å²) in [5.74, 6) is -1.94. The van der Waals surface area contributed by atoms with Gasteiger partial charge in [-0.2, -0.15) is 18.2 Å². The Labute approximate surface area is 253 Å². The summed E-state index contributed by atoms with van der Waals surface area (Å²) in [5, 5.41) is 27.5. The third kappa shape index (κ3) is 6.34. The number of nitrogens with zero attached hydrogens (tertiary/aromatic N) is 4. The van der Waals surface area contributed by atoms with E-state index in [1.807, 2.05) is 6.07 Å². The van der Waals surface area contributed by atoms with Crippen LogP contribution in [0.1, 0.15) is 36.6 Å². The number of aromatic nitrogens is 4. The van der Waals surface area contributed by atoms with E-state index in [-0.39, 0.29) is 23.1 Å². The fourth-order valence-corrected chi connectivity index (χ4v) is 8.17. The number of halogens is 4. The molecule has 3 heterocycles. The molecule has 4 N–H and O–H groups in total. The van der Waals surface area contributed by atoms with Gasteiger partial charge in [-0.3, -0.25) is 4.98 Å². The molecule has 2 aliphatic rings. The van der Waals surface area contributed by atoms with Crippen LogP contribution in [-0.2, 0) is 9.84 Å². The summed E-state index contributed by atoms with van der Waals surface area (Å²) >= 11 is 1.34. The Morgan fingerprint density at radius 1 is 1.05 bits per heavy atom. The van der Waals surface area contributed by atoms with E-state index in [2.05, 4.69) is 25.6 Å². The van der Waals surface area contributed by atoms with Crippen LogP contribution in [-0.4, -0.2) is 75.3 Å². The van der Waals surface area contributed by atoms with Crippen molar-refractivity contribution in [3.63, 3.8) is 0 Å². The number of anilines is 2. The van der Waals surface area contributed by atoms with Gasteiger partial charge in [-0.25, -0.2) is 22.8 Å². The Morgan fingerprint density at radius 2 is 1.77 bits per heavy atom. The van der Waals surface area contributed by atoms with E-state index in [0.29, 0.717) is 22.2 Å². The number of nitrogens with one attached hydrogen (secondary N) is 2. The van der Waals surface area contributed by atoms with E-state index in [1.54, 1.807) is 13.1 Å². The van der Waals surface area contributed by atoms with Gasteiger partial charge in [0.15, 0.2) is 9.84 Å². The lowest BCUT2D eigenvalue weighted by Crippen LogP contribution is -2.36. The first kappa shape index (κ1) is 30.6. The first-order valence-corrected chi connectivity index (χ1v) is 16.3. The fourth-order valence-electron chi connectivity index (χ4n) is 5.46. The van der Waals surface area contributed by atoms with Crippen LogP contribution in [0.5, 0.6) is 0 Å². The Morgan fingerprint density at radius 3 is 2.45 bits per heavy atom. The summed E-state index contributed by atoms with van der Waals surface area (Å²) in [6, 6.07) is 5.21. The molecule has 1 aromatic carbocycles. The molecule has 234 valence electrons. The fraction of sp³-hybridized carbons (Fsp3) is 0.429. The summed E-state index contributed by atoms with van der Waals surface area (Å²) in [5.41, 5.74) is 2.31. The molecule has 2 fully saturated rings. The Kier molecular flexibility index (Phi) is 7.96. The maximum atomic E-state index is 13.3. The van der Waals surface area contributed by atoms with Crippen LogP contribution in [0.2, 0.25) is 0 Å². The number of fused-ring (bicyclic) bond motifs is 1. The quantitative estimate of drug-likeness (QED) is 0.151. The van der Waals surface area contributed by atoms with Gasteiger partial charge in [0.25, 0.3) is 0 Å². The minimum Gasteiger partial charge on any atom is -0.390 e. The molecule has 1 unspecified atom stereocenters. The number of sulfone groups is 1. The van der Waals surface area contributed by atoms with Crippen molar-refractivity contribution in [2.75, 3.05) is 22.9 Å². The van der Waals surface area contributed by atoms with Crippen LogP contribution in [0.15, 0.2) is 41.4 Å². The number of pyridine rings is 1. The first-order chi connectivity index (χ1) is 20.8. The molecule has 0 amide bonds. The van der Waals surface area contributed by atoms with Crippen molar-refractivity contribution < 1.29 is 36.2 Å². The second kappa shape index (κ2) is 11.5. The van der Waals surface area contributed by atoms with Gasteiger partial charge >= 0.3 is 6.18 Å². The van der Waals surface area contributed by atoms with Crippen molar-refractivity contribution in [2.45, 2.75) is 61.4 Å². The van der Waals surface area contributed by atoms with Crippen LogP contribution in [0, 0.1) is 18.7 Å². The number of thiazole rings is 1. The van der Waals surface area contributed by atoms with Gasteiger partial charge in [0.1, 0.15) is 34.8 Å². The van der Waals surface area contributed by atoms with Crippen LogP contribution >= 0.6 is 11.3 Å². The van der Waals surface area contributed by atoms with Crippen molar-refractivity contribution in [3.8, 4) is 10.6 Å². The van der Waals surface area contributed by atoms with Crippen molar-refractivity contribution >= 4 is 43.2 Å². The largest absolute Gasteiger partial charge is 0.405 e. The molecule has 10 nitrogen and oxygen atoms in total. The molecule has 2 aliphatic carbocycles. The molecule has 0 bridgehead atoms. The van der Waals surface area contributed by atoms with Crippen molar-refractivity contribution in [1.82, 2.24) is 19.9 Å². The van der Waals surface area contributed by atoms with E-state index < -0.39 is 58.3 Å². The average Bonchev–Trinajstić information content (AvgIpc) is 3.66. The van der Waals surface area contributed by atoms with Crippen LogP contribution < -0.4 is 10.6 Å². The maximum Gasteiger partial charge on any atom is 0.405 e. The van der Waals surface area contributed by atoms with E-state index in [1.165, 1.54) is 11.3 Å². The number of aliphatic hydroxyl groups is 2. The van der Waals surface area contributed by atoms with Gasteiger partial charge in [-0.15, -0.1) is 11.3 Å². The summed E-state index contributed by atoms with van der Waals surface area (Å²) in [4.78, 5) is 17.7. The Balaban J connectivity index is 1.32. The molecular weight excluding hydrogens is 624 g/mol. The minimum absolute atomic E-state index is 0.00778. The molecule has 16 heteroatoms. The molecule has 0 radical (unpaired) electrons. The van der Waals surface area contributed by atoms with Crippen molar-refractivity contribution in [2.24, 2.45) is 5.92 Å². The lowest BCUT2D eigenvalue weighted by molar-refractivity contribution is -0.115. The number of hydrogen-bond acceptors (Lipinski definition) is 11. The molecule has 4 aromatic rings. The summed E-state index contributed by atoms with van der Waals surface area (Å²) < 4.78 is 79.1. The number of aliphatic hydroxyl groups excluding tert-OH is 2.